The van der Waals surface area contributed by atoms with E-state index < -0.39 is 6.23 Å². The molecule has 0 amide bonds. The number of thiophene rings is 1. The van der Waals surface area contributed by atoms with Gasteiger partial charge in [0.25, 0.3) is 0 Å². The molecule has 1 aliphatic heterocycles. The molecule has 154 valence electrons. The standard InChI is InChI=1S/C23H24N4O2S/c1-14-5-8-20-26-21(22(27(20)13-14)24-12-17-4-3-9-30-17)18-10-15-6-7-16(29-2)11-19(15)25-23(18)28/h3-9,11,13,18,23-25,28H,10,12H2,1-2H3. The molecule has 5 rings (SSSR count). The molecule has 2 unspecified atom stereocenters. The van der Waals surface area contributed by atoms with Crippen LogP contribution in [0.3, 0.4) is 0 Å². The highest BCUT2D eigenvalue weighted by molar-refractivity contribution is 7.09. The van der Waals surface area contributed by atoms with E-state index in [9.17, 15) is 5.11 Å². The quantitative estimate of drug-likeness (QED) is 0.447. The Labute approximate surface area is 179 Å². The molecule has 4 aromatic rings. The number of nitrogens with one attached hydrogen (secondary N) is 2. The zero-order valence-corrected chi connectivity index (χ0v) is 17.7. The molecule has 2 atom stereocenters. The van der Waals surface area contributed by atoms with Gasteiger partial charge >= 0.3 is 0 Å². The van der Waals surface area contributed by atoms with Crippen LogP contribution in [-0.4, -0.2) is 27.8 Å². The van der Waals surface area contributed by atoms with Crippen molar-refractivity contribution in [2.45, 2.75) is 32.0 Å². The lowest BCUT2D eigenvalue weighted by Gasteiger charge is -2.31. The fourth-order valence-corrected chi connectivity index (χ4v) is 4.68. The summed E-state index contributed by atoms with van der Waals surface area (Å²) in [5.41, 5.74) is 4.95. The van der Waals surface area contributed by atoms with Crippen LogP contribution >= 0.6 is 11.3 Å². The van der Waals surface area contributed by atoms with Gasteiger partial charge in [0.15, 0.2) is 0 Å². The summed E-state index contributed by atoms with van der Waals surface area (Å²) in [4.78, 5) is 6.17. The Morgan fingerprint density at radius 3 is 3.00 bits per heavy atom. The first-order valence-corrected chi connectivity index (χ1v) is 10.9. The average Bonchev–Trinajstić information content (AvgIpc) is 3.38. The second-order valence-electron chi connectivity index (χ2n) is 7.64. The van der Waals surface area contributed by atoms with Crippen molar-refractivity contribution < 1.29 is 9.84 Å². The molecule has 0 radical (unpaired) electrons. The third kappa shape index (κ3) is 3.40. The van der Waals surface area contributed by atoms with Crippen molar-refractivity contribution in [3.63, 3.8) is 0 Å². The van der Waals surface area contributed by atoms with Crippen LogP contribution in [0, 0.1) is 6.92 Å². The number of imidazole rings is 1. The van der Waals surface area contributed by atoms with Crippen LogP contribution in [0.2, 0.25) is 0 Å². The lowest BCUT2D eigenvalue weighted by Crippen LogP contribution is -2.33. The zero-order valence-electron chi connectivity index (χ0n) is 16.9. The number of hydrogen-bond donors (Lipinski definition) is 3. The summed E-state index contributed by atoms with van der Waals surface area (Å²) in [6, 6.07) is 14.2. The monoisotopic (exact) mass is 420 g/mol. The van der Waals surface area contributed by atoms with E-state index in [0.717, 1.165) is 46.3 Å². The van der Waals surface area contributed by atoms with E-state index in [4.69, 9.17) is 9.72 Å². The van der Waals surface area contributed by atoms with Crippen LogP contribution < -0.4 is 15.4 Å². The summed E-state index contributed by atoms with van der Waals surface area (Å²) < 4.78 is 7.41. The molecular weight excluding hydrogens is 396 g/mol. The van der Waals surface area contributed by atoms with Gasteiger partial charge in [-0.2, -0.15) is 0 Å². The van der Waals surface area contributed by atoms with Gasteiger partial charge in [-0.05, 0) is 48.1 Å². The Hall–Kier alpha value is -3.03. The van der Waals surface area contributed by atoms with E-state index in [1.165, 1.54) is 4.88 Å². The lowest BCUT2D eigenvalue weighted by atomic mass is 9.89. The van der Waals surface area contributed by atoms with E-state index in [-0.39, 0.29) is 5.92 Å². The van der Waals surface area contributed by atoms with Gasteiger partial charge in [-0.3, -0.25) is 4.40 Å². The second-order valence-corrected chi connectivity index (χ2v) is 8.67. The van der Waals surface area contributed by atoms with Gasteiger partial charge in [0.05, 0.1) is 25.3 Å². The van der Waals surface area contributed by atoms with Gasteiger partial charge in [-0.1, -0.05) is 18.2 Å². The van der Waals surface area contributed by atoms with Gasteiger partial charge in [-0.15, -0.1) is 11.3 Å². The Morgan fingerprint density at radius 2 is 2.20 bits per heavy atom. The van der Waals surface area contributed by atoms with Crippen LogP contribution in [0.25, 0.3) is 5.65 Å². The van der Waals surface area contributed by atoms with Crippen molar-refractivity contribution in [2.24, 2.45) is 0 Å². The number of fused-ring (bicyclic) bond motifs is 2. The van der Waals surface area contributed by atoms with E-state index in [2.05, 4.69) is 57.8 Å². The van der Waals surface area contributed by atoms with Crippen LogP contribution in [0.15, 0.2) is 54.0 Å². The number of rotatable bonds is 5. The number of nitrogens with zero attached hydrogens (tertiary/aromatic N) is 2. The first-order chi connectivity index (χ1) is 14.6. The Balaban J connectivity index is 1.54. The first-order valence-electron chi connectivity index (χ1n) is 9.99. The molecule has 0 spiro atoms. The van der Waals surface area contributed by atoms with E-state index in [0.29, 0.717) is 6.42 Å². The number of aryl methyl sites for hydroxylation is 1. The van der Waals surface area contributed by atoms with Crippen LogP contribution in [0.5, 0.6) is 5.75 Å². The smallest absolute Gasteiger partial charge is 0.138 e. The minimum Gasteiger partial charge on any atom is -0.497 e. The van der Waals surface area contributed by atoms with E-state index in [1.54, 1.807) is 18.4 Å². The predicted octanol–water partition coefficient (Wildman–Crippen LogP) is 4.40. The highest BCUT2D eigenvalue weighted by Crippen LogP contribution is 2.38. The summed E-state index contributed by atoms with van der Waals surface area (Å²) in [6.07, 6.45) is 2.05. The third-order valence-corrected chi connectivity index (χ3v) is 6.47. The topological polar surface area (TPSA) is 70.8 Å². The Kier molecular flexibility index (Phi) is 4.84. The van der Waals surface area contributed by atoms with Gasteiger partial charge in [0.2, 0.25) is 0 Å². The lowest BCUT2D eigenvalue weighted by molar-refractivity contribution is 0.164. The van der Waals surface area contributed by atoms with Crippen molar-refractivity contribution in [1.29, 1.82) is 0 Å². The number of aliphatic hydroxyl groups is 1. The summed E-state index contributed by atoms with van der Waals surface area (Å²) in [5, 5.41) is 19.9. The molecule has 3 aromatic heterocycles. The van der Waals surface area contributed by atoms with Crippen molar-refractivity contribution >= 4 is 28.5 Å². The molecule has 1 aliphatic rings. The molecule has 6 nitrogen and oxygen atoms in total. The number of ether oxygens (including phenoxy) is 1. The van der Waals surface area contributed by atoms with Crippen molar-refractivity contribution in [3.8, 4) is 5.75 Å². The van der Waals surface area contributed by atoms with Gasteiger partial charge < -0.3 is 20.5 Å². The van der Waals surface area contributed by atoms with Crippen molar-refractivity contribution in [3.05, 3.63) is 75.7 Å². The number of anilines is 2. The largest absolute Gasteiger partial charge is 0.497 e. The zero-order chi connectivity index (χ0) is 20.7. The molecule has 3 N–H and O–H groups in total. The SMILES string of the molecule is COc1ccc2c(c1)NC(O)C(c1nc3ccc(C)cn3c1NCc1cccs1)C2. The predicted molar refractivity (Wildman–Crippen MR) is 121 cm³/mol. The molecule has 7 heteroatoms. The minimum absolute atomic E-state index is 0.170. The highest BCUT2D eigenvalue weighted by atomic mass is 32.1. The summed E-state index contributed by atoms with van der Waals surface area (Å²) in [7, 11) is 1.65. The number of aliphatic hydroxyl groups excluding tert-OH is 1. The molecule has 4 heterocycles. The second kappa shape index (κ2) is 7.66. The van der Waals surface area contributed by atoms with Crippen molar-refractivity contribution in [2.75, 3.05) is 17.7 Å². The van der Waals surface area contributed by atoms with Crippen LogP contribution in [0.1, 0.15) is 27.6 Å². The number of hydrogen-bond acceptors (Lipinski definition) is 6. The number of benzene rings is 1. The fourth-order valence-electron chi connectivity index (χ4n) is 4.04. The average molecular weight is 421 g/mol. The molecule has 0 saturated carbocycles. The molecule has 30 heavy (non-hydrogen) atoms. The summed E-state index contributed by atoms with van der Waals surface area (Å²) >= 11 is 1.72. The maximum absolute atomic E-state index is 11.0. The van der Waals surface area contributed by atoms with Gasteiger partial charge in [0.1, 0.15) is 23.4 Å². The molecular formula is C23H24N4O2S. The van der Waals surface area contributed by atoms with Crippen LogP contribution in [0.4, 0.5) is 11.5 Å². The van der Waals surface area contributed by atoms with Gasteiger partial charge in [-0.25, -0.2) is 4.98 Å². The maximum atomic E-state index is 11.0. The summed E-state index contributed by atoms with van der Waals surface area (Å²) in [5.74, 6) is 1.54. The van der Waals surface area contributed by atoms with Crippen LogP contribution in [-0.2, 0) is 13.0 Å². The number of pyridine rings is 1. The van der Waals surface area contributed by atoms with Crippen molar-refractivity contribution in [1.82, 2.24) is 9.38 Å². The third-order valence-electron chi connectivity index (χ3n) is 5.60. The first kappa shape index (κ1) is 19.0. The molecule has 0 aliphatic carbocycles. The van der Waals surface area contributed by atoms with E-state index >= 15 is 0 Å². The summed E-state index contributed by atoms with van der Waals surface area (Å²) in [6.45, 7) is 2.79. The molecule has 0 bridgehead atoms. The van der Waals surface area contributed by atoms with Gasteiger partial charge in [0, 0.05) is 22.8 Å². The molecule has 0 fully saturated rings. The molecule has 0 saturated heterocycles. The Morgan fingerprint density at radius 1 is 1.30 bits per heavy atom. The minimum atomic E-state index is -0.738. The number of aromatic nitrogens is 2. The molecule has 1 aromatic carbocycles. The van der Waals surface area contributed by atoms with E-state index in [1.807, 2.05) is 18.2 Å². The maximum Gasteiger partial charge on any atom is 0.138 e. The Bertz CT molecular complexity index is 1190. The fraction of sp³-hybridized carbons (Fsp3) is 0.261. The normalized spacial score (nSPS) is 18.1. The number of methoxy groups -OCH3 is 1. The highest BCUT2D eigenvalue weighted by Gasteiger charge is 2.32.